The van der Waals surface area contributed by atoms with Gasteiger partial charge in [0.25, 0.3) is 0 Å². The summed E-state index contributed by atoms with van der Waals surface area (Å²) >= 11 is 0. The first-order valence-corrected chi connectivity index (χ1v) is 2.90. The molecule has 0 aromatic carbocycles. The van der Waals surface area contributed by atoms with Crippen LogP contribution in [0.25, 0.3) is 11.0 Å². The van der Waals surface area contributed by atoms with Crippen LogP contribution in [0.3, 0.4) is 0 Å². The summed E-state index contributed by atoms with van der Waals surface area (Å²) in [5.74, 6) is 0. The van der Waals surface area contributed by atoms with Gasteiger partial charge in [-0.15, -0.1) is 0 Å². The fraction of sp³-hybridized carbons (Fsp3) is 0. The zero-order chi connectivity index (χ0) is 6.10. The van der Waals surface area contributed by atoms with Gasteiger partial charge < -0.3 is 4.98 Å². The Balaban J connectivity index is 2.95. The fourth-order valence-corrected chi connectivity index (χ4v) is 0.928. The van der Waals surface area contributed by atoms with Crippen LogP contribution in [0.5, 0.6) is 0 Å². The van der Waals surface area contributed by atoms with E-state index >= 15 is 0 Å². The van der Waals surface area contributed by atoms with Crippen molar-refractivity contribution in [2.75, 3.05) is 0 Å². The summed E-state index contributed by atoms with van der Waals surface area (Å²) in [5.41, 5.74) is 2.30. The maximum atomic E-state index is 3.10. The third-order valence-corrected chi connectivity index (χ3v) is 1.38. The van der Waals surface area contributed by atoms with Crippen LogP contribution in [-0.4, -0.2) is 4.98 Å². The lowest BCUT2D eigenvalue weighted by Gasteiger charge is -1.76. The Morgan fingerprint density at radius 3 is 3.22 bits per heavy atom. The highest BCUT2D eigenvalue weighted by Gasteiger charge is 1.94. The third-order valence-electron chi connectivity index (χ3n) is 1.38. The summed E-state index contributed by atoms with van der Waals surface area (Å²) in [4.78, 5) is 6.19. The minimum atomic E-state index is 1.15. The monoisotopic (exact) mass is 119 g/mol. The van der Waals surface area contributed by atoms with Crippen LogP contribution in [0.1, 0.15) is 0 Å². The van der Waals surface area contributed by atoms with Crippen molar-refractivity contribution >= 4 is 11.0 Å². The van der Waals surface area contributed by atoms with Gasteiger partial charge in [0, 0.05) is 18.3 Å². The Morgan fingerprint density at radius 2 is 2.33 bits per heavy atom. The average molecular weight is 119 g/mol. The second-order valence-electron chi connectivity index (χ2n) is 1.98. The standard InChI is InChI=1S/C7H6N2/c1-2-6-7(8-4-1)3-5-9-6/h1-5,9H/p+1. The SMILES string of the molecule is c1c[nH+]c2cc[nH]c2c1. The first kappa shape index (κ1) is 4.56. The number of H-pyrrole nitrogens is 2. The van der Waals surface area contributed by atoms with E-state index in [2.05, 4.69) is 9.97 Å². The smallest absolute Gasteiger partial charge is 0.228 e. The van der Waals surface area contributed by atoms with Gasteiger partial charge in [-0.05, 0) is 6.07 Å². The predicted molar refractivity (Wildman–Crippen MR) is 34.9 cm³/mol. The molecule has 2 aromatic rings. The summed E-state index contributed by atoms with van der Waals surface area (Å²) < 4.78 is 0. The molecule has 2 N–H and O–H groups in total. The molecule has 0 spiro atoms. The van der Waals surface area contributed by atoms with Gasteiger partial charge in [0.2, 0.25) is 5.52 Å². The Hall–Kier alpha value is -1.31. The highest BCUT2D eigenvalue weighted by molar-refractivity contribution is 5.70. The summed E-state index contributed by atoms with van der Waals surface area (Å²) in [6.45, 7) is 0. The molecule has 9 heavy (non-hydrogen) atoms. The Labute approximate surface area is 52.5 Å². The Kier molecular flexibility index (Phi) is 0.803. The Morgan fingerprint density at radius 1 is 1.33 bits per heavy atom. The molecule has 0 aliphatic carbocycles. The van der Waals surface area contributed by atoms with E-state index in [-0.39, 0.29) is 0 Å². The fourth-order valence-electron chi connectivity index (χ4n) is 0.928. The maximum absolute atomic E-state index is 3.10. The van der Waals surface area contributed by atoms with E-state index in [1.807, 2.05) is 30.6 Å². The molecular weight excluding hydrogens is 112 g/mol. The highest BCUT2D eigenvalue weighted by atomic mass is 14.7. The summed E-state index contributed by atoms with van der Waals surface area (Å²) in [6, 6.07) is 6.01. The third kappa shape index (κ3) is 0.598. The van der Waals surface area contributed by atoms with Gasteiger partial charge in [0.1, 0.15) is 5.52 Å². The molecule has 0 aliphatic heterocycles. The van der Waals surface area contributed by atoms with Gasteiger partial charge in [0.05, 0.1) is 0 Å². The average Bonchev–Trinajstić information content (AvgIpc) is 2.33. The zero-order valence-corrected chi connectivity index (χ0v) is 4.89. The van der Waals surface area contributed by atoms with E-state index < -0.39 is 0 Å². The second-order valence-corrected chi connectivity index (χ2v) is 1.98. The van der Waals surface area contributed by atoms with Crippen LogP contribution in [-0.2, 0) is 0 Å². The van der Waals surface area contributed by atoms with Crippen LogP contribution in [0.2, 0.25) is 0 Å². The van der Waals surface area contributed by atoms with E-state index in [0.29, 0.717) is 0 Å². The van der Waals surface area contributed by atoms with E-state index in [0.717, 1.165) is 11.0 Å². The van der Waals surface area contributed by atoms with Crippen LogP contribution in [0, 0.1) is 0 Å². The molecule has 0 atom stereocenters. The summed E-state index contributed by atoms with van der Waals surface area (Å²) in [6.07, 6.45) is 3.83. The zero-order valence-electron chi connectivity index (χ0n) is 4.89. The molecule has 2 aromatic heterocycles. The van der Waals surface area contributed by atoms with Gasteiger partial charge in [0.15, 0.2) is 6.20 Å². The lowest BCUT2D eigenvalue weighted by Crippen LogP contribution is -1.98. The molecule has 0 saturated carbocycles. The number of nitrogens with one attached hydrogen (secondary N) is 2. The van der Waals surface area contributed by atoms with Gasteiger partial charge >= 0.3 is 0 Å². The van der Waals surface area contributed by atoms with Crippen molar-refractivity contribution in [2.45, 2.75) is 0 Å². The lowest BCUT2D eigenvalue weighted by atomic mass is 10.4. The van der Waals surface area contributed by atoms with E-state index in [1.54, 1.807) is 0 Å². The minimum Gasteiger partial charge on any atom is -0.356 e. The number of fused-ring (bicyclic) bond motifs is 1. The Bertz CT molecular complexity index is 281. The molecule has 0 saturated heterocycles. The molecule has 2 heteroatoms. The van der Waals surface area contributed by atoms with Crippen molar-refractivity contribution in [2.24, 2.45) is 0 Å². The van der Waals surface area contributed by atoms with Crippen LogP contribution in [0.4, 0.5) is 0 Å². The van der Waals surface area contributed by atoms with Crippen LogP contribution in [0.15, 0.2) is 30.6 Å². The number of rotatable bonds is 0. The van der Waals surface area contributed by atoms with Gasteiger partial charge in [-0.3, -0.25) is 0 Å². The topological polar surface area (TPSA) is 29.9 Å². The van der Waals surface area contributed by atoms with Crippen LogP contribution >= 0.6 is 0 Å². The van der Waals surface area contributed by atoms with Crippen molar-refractivity contribution < 1.29 is 4.98 Å². The van der Waals surface area contributed by atoms with Crippen LogP contribution < -0.4 is 4.98 Å². The molecule has 0 aliphatic rings. The van der Waals surface area contributed by atoms with Gasteiger partial charge in [-0.1, -0.05) is 0 Å². The molecule has 2 heterocycles. The van der Waals surface area contributed by atoms with Crippen molar-refractivity contribution in [3.63, 3.8) is 0 Å². The molecular formula is C7H7N2+. The number of aromatic amines is 2. The molecule has 2 nitrogen and oxygen atoms in total. The van der Waals surface area contributed by atoms with Gasteiger partial charge in [-0.25, -0.2) is 4.98 Å². The number of hydrogen-bond acceptors (Lipinski definition) is 0. The molecule has 0 unspecified atom stereocenters. The highest BCUT2D eigenvalue weighted by Crippen LogP contribution is 2.01. The number of aromatic nitrogens is 2. The van der Waals surface area contributed by atoms with Crippen molar-refractivity contribution in [1.29, 1.82) is 0 Å². The molecule has 0 radical (unpaired) electrons. The van der Waals surface area contributed by atoms with Gasteiger partial charge in [-0.2, -0.15) is 0 Å². The molecule has 0 bridgehead atoms. The first-order valence-electron chi connectivity index (χ1n) is 2.90. The maximum Gasteiger partial charge on any atom is 0.228 e. The van der Waals surface area contributed by atoms with E-state index in [4.69, 9.17) is 0 Å². The van der Waals surface area contributed by atoms with Crippen molar-refractivity contribution in [3.8, 4) is 0 Å². The minimum absolute atomic E-state index is 1.15. The number of pyridine rings is 1. The molecule has 44 valence electrons. The van der Waals surface area contributed by atoms with E-state index in [1.165, 1.54) is 0 Å². The van der Waals surface area contributed by atoms with Crippen molar-refractivity contribution in [1.82, 2.24) is 4.98 Å². The summed E-state index contributed by atoms with van der Waals surface area (Å²) in [5, 5.41) is 0. The van der Waals surface area contributed by atoms with E-state index in [9.17, 15) is 0 Å². The quantitative estimate of drug-likeness (QED) is 0.536. The normalized spacial score (nSPS) is 10.2. The first-order chi connectivity index (χ1) is 4.47. The number of hydrogen-bond donors (Lipinski definition) is 1. The molecule has 2 rings (SSSR count). The second kappa shape index (κ2) is 1.58. The lowest BCUT2D eigenvalue weighted by molar-refractivity contribution is -0.344. The largest absolute Gasteiger partial charge is 0.356 e. The molecule has 0 fully saturated rings. The van der Waals surface area contributed by atoms with Crippen molar-refractivity contribution in [3.05, 3.63) is 30.6 Å². The summed E-state index contributed by atoms with van der Waals surface area (Å²) in [7, 11) is 0. The predicted octanol–water partition coefficient (Wildman–Crippen LogP) is 0.982. The molecule has 0 amide bonds.